The fourth-order valence-corrected chi connectivity index (χ4v) is 2.65. The average molecular weight is 346 g/mol. The van der Waals surface area contributed by atoms with E-state index in [0.717, 1.165) is 16.7 Å². The monoisotopic (exact) mass is 346 g/mol. The van der Waals surface area contributed by atoms with Crippen molar-refractivity contribution in [1.82, 2.24) is 5.32 Å². The molecule has 5 nitrogen and oxygen atoms in total. The quantitative estimate of drug-likeness (QED) is 0.666. The van der Waals surface area contributed by atoms with Crippen LogP contribution in [-0.2, 0) is 11.3 Å². The Balaban J connectivity index is 1.75. The molecule has 0 bridgehead atoms. The van der Waals surface area contributed by atoms with Crippen molar-refractivity contribution in [3.05, 3.63) is 76.9 Å². The second kappa shape index (κ2) is 8.04. The number of benzene rings is 2. The lowest BCUT2D eigenvalue weighted by Gasteiger charge is -2.18. The lowest BCUT2D eigenvalue weighted by atomic mass is 10.0. The molecule has 1 N–H and O–H groups in total. The van der Waals surface area contributed by atoms with E-state index in [0.29, 0.717) is 18.0 Å². The van der Waals surface area contributed by atoms with Gasteiger partial charge in [0.05, 0.1) is 7.11 Å². The van der Waals surface area contributed by atoms with Gasteiger partial charge < -0.3 is 14.8 Å². The van der Waals surface area contributed by atoms with Gasteiger partial charge in [0.25, 0.3) is 5.91 Å². The molecule has 26 heavy (non-hydrogen) atoms. The van der Waals surface area contributed by atoms with E-state index in [1.54, 1.807) is 13.2 Å². The first kappa shape index (κ1) is 17.3. The zero-order valence-corrected chi connectivity index (χ0v) is 14.4. The minimum atomic E-state index is -0.409. The van der Waals surface area contributed by atoms with E-state index < -0.39 is 5.91 Å². The Hall–Kier alpha value is -3.52. The summed E-state index contributed by atoms with van der Waals surface area (Å²) in [4.78, 5) is 12.3. The van der Waals surface area contributed by atoms with Crippen molar-refractivity contribution in [1.29, 1.82) is 5.26 Å². The van der Waals surface area contributed by atoms with Crippen molar-refractivity contribution in [3.8, 4) is 17.6 Å². The van der Waals surface area contributed by atoms with E-state index in [2.05, 4.69) is 5.32 Å². The molecule has 5 heteroatoms. The molecule has 0 atom stereocenters. The first-order chi connectivity index (χ1) is 12.7. The van der Waals surface area contributed by atoms with Crippen molar-refractivity contribution in [3.63, 3.8) is 0 Å². The van der Waals surface area contributed by atoms with Crippen LogP contribution < -0.4 is 14.8 Å². The molecule has 2 aromatic rings. The number of ether oxygens (including phenoxy) is 2. The van der Waals surface area contributed by atoms with E-state index >= 15 is 0 Å². The van der Waals surface area contributed by atoms with Crippen LogP contribution in [0.15, 0.2) is 65.8 Å². The van der Waals surface area contributed by atoms with Crippen molar-refractivity contribution in [2.45, 2.75) is 6.54 Å². The van der Waals surface area contributed by atoms with Gasteiger partial charge in [-0.15, -0.1) is 0 Å². The fraction of sp³-hybridized carbons (Fsp3) is 0.143. The van der Waals surface area contributed by atoms with Gasteiger partial charge >= 0.3 is 0 Å². The second-order valence-corrected chi connectivity index (χ2v) is 5.72. The zero-order valence-electron chi connectivity index (χ0n) is 14.4. The number of nitrogens with zero attached hydrogens (tertiary/aromatic N) is 1. The van der Waals surface area contributed by atoms with E-state index in [1.165, 1.54) is 0 Å². The Morgan fingerprint density at radius 1 is 1.27 bits per heavy atom. The molecule has 3 rings (SSSR count). The van der Waals surface area contributed by atoms with Gasteiger partial charge in [-0.25, -0.2) is 0 Å². The lowest BCUT2D eigenvalue weighted by molar-refractivity contribution is -0.117. The molecule has 0 saturated carbocycles. The number of hydrogen-bond donors (Lipinski definition) is 1. The normalized spacial score (nSPS) is 12.9. The molecule has 0 aromatic heterocycles. The van der Waals surface area contributed by atoms with Gasteiger partial charge in [-0.2, -0.15) is 5.26 Å². The molecule has 130 valence electrons. The van der Waals surface area contributed by atoms with Gasteiger partial charge in [0.15, 0.2) is 11.5 Å². The van der Waals surface area contributed by atoms with E-state index in [4.69, 9.17) is 9.47 Å². The van der Waals surface area contributed by atoms with Crippen molar-refractivity contribution in [2.75, 3.05) is 13.7 Å². The summed E-state index contributed by atoms with van der Waals surface area (Å²) in [5, 5.41) is 12.1. The summed E-state index contributed by atoms with van der Waals surface area (Å²) in [6, 6.07) is 17.1. The smallest absolute Gasteiger partial charge is 0.262 e. The molecular formula is C21H18N2O3. The largest absolute Gasteiger partial charge is 0.493 e. The van der Waals surface area contributed by atoms with Crippen LogP contribution in [0.1, 0.15) is 11.1 Å². The maximum absolute atomic E-state index is 12.3. The SMILES string of the molecule is COc1cccc2c1OCC(/C=C(/C#N)C(=O)NCc1ccccc1)=C2. The summed E-state index contributed by atoms with van der Waals surface area (Å²) in [6.45, 7) is 0.638. The highest BCUT2D eigenvalue weighted by molar-refractivity contribution is 5.98. The molecule has 0 saturated heterocycles. The van der Waals surface area contributed by atoms with Crippen LogP contribution in [0.3, 0.4) is 0 Å². The third-order valence-corrected chi connectivity index (χ3v) is 3.94. The lowest BCUT2D eigenvalue weighted by Crippen LogP contribution is -2.24. The molecule has 1 amide bonds. The third kappa shape index (κ3) is 3.93. The van der Waals surface area contributed by atoms with Gasteiger partial charge in [0.2, 0.25) is 0 Å². The molecule has 1 aliphatic rings. The maximum Gasteiger partial charge on any atom is 0.262 e. The predicted molar refractivity (Wildman–Crippen MR) is 98.5 cm³/mol. The summed E-state index contributed by atoms with van der Waals surface area (Å²) in [7, 11) is 1.59. The number of carbonyl (C=O) groups is 1. The number of carbonyl (C=O) groups excluding carboxylic acids is 1. The maximum atomic E-state index is 12.3. The first-order valence-corrected chi connectivity index (χ1v) is 8.15. The van der Waals surface area contributed by atoms with Crippen LogP contribution in [0, 0.1) is 11.3 Å². The van der Waals surface area contributed by atoms with Gasteiger partial charge in [-0.05, 0) is 29.4 Å². The van der Waals surface area contributed by atoms with E-state index in [9.17, 15) is 10.1 Å². The van der Waals surface area contributed by atoms with Gasteiger partial charge in [-0.3, -0.25) is 4.79 Å². The van der Waals surface area contributed by atoms with Gasteiger partial charge in [0.1, 0.15) is 18.2 Å². The van der Waals surface area contributed by atoms with Gasteiger partial charge in [-0.1, -0.05) is 42.5 Å². The Labute approximate surface area is 152 Å². The highest BCUT2D eigenvalue weighted by atomic mass is 16.5. The number of amides is 1. The Kier molecular flexibility index (Phi) is 5.35. The highest BCUT2D eigenvalue weighted by Crippen LogP contribution is 2.35. The molecule has 0 unspecified atom stereocenters. The number of nitrogens with one attached hydrogen (secondary N) is 1. The van der Waals surface area contributed by atoms with Gasteiger partial charge in [0, 0.05) is 12.1 Å². The Morgan fingerprint density at radius 3 is 2.81 bits per heavy atom. The Morgan fingerprint density at radius 2 is 2.08 bits per heavy atom. The van der Waals surface area contributed by atoms with E-state index in [-0.39, 0.29) is 12.2 Å². The number of para-hydroxylation sites is 1. The molecule has 1 heterocycles. The highest BCUT2D eigenvalue weighted by Gasteiger charge is 2.16. The molecule has 0 fully saturated rings. The molecule has 0 radical (unpaired) electrons. The third-order valence-electron chi connectivity index (χ3n) is 3.94. The minimum absolute atomic E-state index is 0.0436. The van der Waals surface area contributed by atoms with Crippen LogP contribution in [0.5, 0.6) is 11.5 Å². The molecular weight excluding hydrogens is 328 g/mol. The Bertz CT molecular complexity index is 909. The number of hydrogen-bond acceptors (Lipinski definition) is 4. The summed E-state index contributed by atoms with van der Waals surface area (Å²) >= 11 is 0. The first-order valence-electron chi connectivity index (χ1n) is 8.15. The molecule has 0 aliphatic carbocycles. The van der Waals surface area contributed by atoms with Crippen molar-refractivity contribution in [2.24, 2.45) is 0 Å². The topological polar surface area (TPSA) is 71.3 Å². The minimum Gasteiger partial charge on any atom is -0.493 e. The summed E-state index contributed by atoms with van der Waals surface area (Å²) < 4.78 is 11.0. The number of fused-ring (bicyclic) bond motifs is 1. The summed E-state index contributed by atoms with van der Waals surface area (Å²) in [5.74, 6) is 0.913. The number of rotatable bonds is 5. The fourth-order valence-electron chi connectivity index (χ4n) is 2.65. The summed E-state index contributed by atoms with van der Waals surface area (Å²) in [6.07, 6.45) is 3.45. The number of nitriles is 1. The van der Waals surface area contributed by atoms with Crippen LogP contribution in [0.2, 0.25) is 0 Å². The standard InChI is InChI=1S/C21H18N2O3/c1-25-19-9-5-8-17-10-16(14-26-20(17)19)11-18(12-22)21(24)23-13-15-6-3-2-4-7-15/h2-11H,13-14H2,1H3,(H,23,24)/b18-11-. The second-order valence-electron chi connectivity index (χ2n) is 5.72. The molecule has 0 spiro atoms. The van der Waals surface area contributed by atoms with Crippen LogP contribution in [0.25, 0.3) is 6.08 Å². The van der Waals surface area contributed by atoms with Crippen molar-refractivity contribution >= 4 is 12.0 Å². The zero-order chi connectivity index (χ0) is 18.4. The van der Waals surface area contributed by atoms with Crippen LogP contribution in [-0.4, -0.2) is 19.6 Å². The van der Waals surface area contributed by atoms with Crippen LogP contribution in [0.4, 0.5) is 0 Å². The van der Waals surface area contributed by atoms with Crippen molar-refractivity contribution < 1.29 is 14.3 Å². The molecule has 1 aliphatic heterocycles. The predicted octanol–water partition coefficient (Wildman–Crippen LogP) is 3.24. The van der Waals surface area contributed by atoms with E-state index in [1.807, 2.05) is 60.7 Å². The summed E-state index contributed by atoms with van der Waals surface area (Å²) in [5.41, 5.74) is 2.61. The van der Waals surface area contributed by atoms with Crippen LogP contribution >= 0.6 is 0 Å². The average Bonchev–Trinajstić information content (AvgIpc) is 2.70. The molecule has 2 aromatic carbocycles. The number of methoxy groups -OCH3 is 1.